The monoisotopic (exact) mass is 241 g/mol. The lowest BCUT2D eigenvalue weighted by Gasteiger charge is -2.26. The molecule has 0 saturated carbocycles. The summed E-state index contributed by atoms with van der Waals surface area (Å²) in [5, 5.41) is 0. The Hall–Kier alpha value is -0.530. The molecule has 0 spiro atoms. The van der Waals surface area contributed by atoms with E-state index in [1.54, 1.807) is 0 Å². The van der Waals surface area contributed by atoms with Crippen molar-refractivity contribution >= 4 is 5.91 Å². The molecule has 0 saturated heterocycles. The highest BCUT2D eigenvalue weighted by Gasteiger charge is 2.15. The van der Waals surface area contributed by atoms with Crippen molar-refractivity contribution in [2.75, 3.05) is 13.1 Å². The summed E-state index contributed by atoms with van der Waals surface area (Å²) in [5.41, 5.74) is 0. The fourth-order valence-electron chi connectivity index (χ4n) is 2.02. The predicted octanol–water partition coefficient (Wildman–Crippen LogP) is 4.10. The third kappa shape index (κ3) is 9.20. The molecule has 102 valence electrons. The minimum Gasteiger partial charge on any atom is -0.342 e. The third-order valence-corrected chi connectivity index (χ3v) is 2.77. The molecule has 0 aromatic carbocycles. The Labute approximate surface area is 108 Å². The number of hydrogen-bond donors (Lipinski definition) is 0. The van der Waals surface area contributed by atoms with E-state index in [2.05, 4.69) is 39.5 Å². The van der Waals surface area contributed by atoms with Crippen LogP contribution in [0.2, 0.25) is 0 Å². The molecular formula is C15H31NO. The van der Waals surface area contributed by atoms with E-state index in [4.69, 9.17) is 0 Å². The average molecular weight is 241 g/mol. The zero-order valence-electron chi connectivity index (χ0n) is 12.5. The van der Waals surface area contributed by atoms with Crippen LogP contribution >= 0.6 is 0 Å². The number of carbonyl (C=O) groups is 1. The molecule has 0 unspecified atom stereocenters. The van der Waals surface area contributed by atoms with Gasteiger partial charge in [0, 0.05) is 19.5 Å². The molecule has 0 fully saturated rings. The first-order valence-electron chi connectivity index (χ1n) is 7.25. The molecule has 0 aromatic rings. The zero-order chi connectivity index (χ0) is 13.3. The normalized spacial score (nSPS) is 11.2. The second-order valence-corrected chi connectivity index (χ2v) is 5.90. The van der Waals surface area contributed by atoms with Crippen molar-refractivity contribution in [3.8, 4) is 0 Å². The van der Waals surface area contributed by atoms with Gasteiger partial charge in [0.15, 0.2) is 0 Å². The number of unbranched alkanes of at least 4 members (excludes halogenated alkanes) is 3. The number of carbonyl (C=O) groups excluding carboxylic acids is 1. The Kier molecular flexibility index (Phi) is 9.20. The van der Waals surface area contributed by atoms with Crippen LogP contribution in [0.15, 0.2) is 0 Å². The van der Waals surface area contributed by atoms with Crippen molar-refractivity contribution in [2.24, 2.45) is 11.8 Å². The Morgan fingerprint density at radius 2 is 1.47 bits per heavy atom. The van der Waals surface area contributed by atoms with Gasteiger partial charge in [0.1, 0.15) is 0 Å². The quantitative estimate of drug-likeness (QED) is 0.557. The van der Waals surface area contributed by atoms with Gasteiger partial charge in [-0.3, -0.25) is 4.79 Å². The molecule has 0 rings (SSSR count). The molecule has 0 N–H and O–H groups in total. The predicted molar refractivity (Wildman–Crippen MR) is 75.0 cm³/mol. The lowest BCUT2D eigenvalue weighted by atomic mass is 10.1. The van der Waals surface area contributed by atoms with Crippen LogP contribution in [-0.4, -0.2) is 23.9 Å². The summed E-state index contributed by atoms with van der Waals surface area (Å²) in [6, 6.07) is 0. The summed E-state index contributed by atoms with van der Waals surface area (Å²) in [7, 11) is 0. The number of rotatable bonds is 9. The van der Waals surface area contributed by atoms with Crippen LogP contribution in [0.1, 0.15) is 66.7 Å². The summed E-state index contributed by atoms with van der Waals surface area (Å²) in [5.74, 6) is 1.48. The van der Waals surface area contributed by atoms with E-state index < -0.39 is 0 Å². The van der Waals surface area contributed by atoms with Crippen LogP contribution in [0, 0.1) is 11.8 Å². The van der Waals surface area contributed by atoms with E-state index in [1.165, 1.54) is 19.3 Å². The Morgan fingerprint density at radius 1 is 0.941 bits per heavy atom. The average Bonchev–Trinajstić information content (AvgIpc) is 2.22. The van der Waals surface area contributed by atoms with Gasteiger partial charge in [-0.1, -0.05) is 53.9 Å². The molecule has 0 atom stereocenters. The Bertz CT molecular complexity index is 189. The van der Waals surface area contributed by atoms with E-state index in [0.29, 0.717) is 17.7 Å². The SMILES string of the molecule is CCCCCCC(=O)N(CC(C)C)CC(C)C. The molecule has 2 heteroatoms. The van der Waals surface area contributed by atoms with Crippen LogP contribution < -0.4 is 0 Å². The van der Waals surface area contributed by atoms with Crippen molar-refractivity contribution in [3.63, 3.8) is 0 Å². The first kappa shape index (κ1) is 16.5. The molecule has 0 bridgehead atoms. The largest absolute Gasteiger partial charge is 0.342 e. The van der Waals surface area contributed by atoms with Crippen LogP contribution in [-0.2, 0) is 4.79 Å². The number of nitrogens with zero attached hydrogens (tertiary/aromatic N) is 1. The van der Waals surface area contributed by atoms with Gasteiger partial charge < -0.3 is 4.90 Å². The van der Waals surface area contributed by atoms with Crippen molar-refractivity contribution in [1.82, 2.24) is 4.90 Å². The van der Waals surface area contributed by atoms with Gasteiger partial charge in [0.25, 0.3) is 0 Å². The van der Waals surface area contributed by atoms with E-state index >= 15 is 0 Å². The second-order valence-electron chi connectivity index (χ2n) is 5.90. The van der Waals surface area contributed by atoms with Crippen molar-refractivity contribution < 1.29 is 4.79 Å². The molecule has 0 heterocycles. The van der Waals surface area contributed by atoms with Gasteiger partial charge in [-0.2, -0.15) is 0 Å². The van der Waals surface area contributed by atoms with E-state index in [-0.39, 0.29) is 0 Å². The maximum atomic E-state index is 12.1. The smallest absolute Gasteiger partial charge is 0.222 e. The summed E-state index contributed by atoms with van der Waals surface area (Å²) in [4.78, 5) is 14.2. The Balaban J connectivity index is 4.03. The van der Waals surface area contributed by atoms with Crippen LogP contribution in [0.5, 0.6) is 0 Å². The van der Waals surface area contributed by atoms with Crippen LogP contribution in [0.25, 0.3) is 0 Å². The van der Waals surface area contributed by atoms with Crippen molar-refractivity contribution in [2.45, 2.75) is 66.7 Å². The molecule has 0 aliphatic rings. The number of amides is 1. The molecule has 1 amide bonds. The molecule has 0 aliphatic carbocycles. The highest BCUT2D eigenvalue weighted by Crippen LogP contribution is 2.09. The molecule has 0 radical (unpaired) electrons. The van der Waals surface area contributed by atoms with E-state index in [9.17, 15) is 4.79 Å². The van der Waals surface area contributed by atoms with Crippen molar-refractivity contribution in [3.05, 3.63) is 0 Å². The van der Waals surface area contributed by atoms with E-state index in [0.717, 1.165) is 25.9 Å². The van der Waals surface area contributed by atoms with Crippen LogP contribution in [0.3, 0.4) is 0 Å². The van der Waals surface area contributed by atoms with Crippen molar-refractivity contribution in [1.29, 1.82) is 0 Å². The highest BCUT2D eigenvalue weighted by molar-refractivity contribution is 5.76. The standard InChI is InChI=1S/C15H31NO/c1-6-7-8-9-10-15(17)16(11-13(2)3)12-14(4)5/h13-14H,6-12H2,1-5H3. The van der Waals surface area contributed by atoms with Gasteiger partial charge in [-0.15, -0.1) is 0 Å². The summed E-state index contributed by atoms with van der Waals surface area (Å²) in [6.07, 6.45) is 5.47. The summed E-state index contributed by atoms with van der Waals surface area (Å²) >= 11 is 0. The topological polar surface area (TPSA) is 20.3 Å². The molecular weight excluding hydrogens is 210 g/mol. The lowest BCUT2D eigenvalue weighted by Crippen LogP contribution is -2.36. The maximum absolute atomic E-state index is 12.1. The first-order chi connectivity index (χ1) is 7.97. The first-order valence-corrected chi connectivity index (χ1v) is 7.25. The molecule has 2 nitrogen and oxygen atoms in total. The Morgan fingerprint density at radius 3 is 1.88 bits per heavy atom. The summed E-state index contributed by atoms with van der Waals surface area (Å²) < 4.78 is 0. The van der Waals surface area contributed by atoms with E-state index in [1.807, 2.05) is 0 Å². The second kappa shape index (κ2) is 9.49. The van der Waals surface area contributed by atoms with Gasteiger partial charge in [0.2, 0.25) is 5.91 Å². The molecule has 17 heavy (non-hydrogen) atoms. The maximum Gasteiger partial charge on any atom is 0.222 e. The minimum atomic E-state index is 0.350. The van der Waals surface area contributed by atoms with Gasteiger partial charge in [-0.25, -0.2) is 0 Å². The lowest BCUT2D eigenvalue weighted by molar-refractivity contribution is -0.132. The van der Waals surface area contributed by atoms with Gasteiger partial charge in [0.05, 0.1) is 0 Å². The minimum absolute atomic E-state index is 0.350. The molecule has 0 aromatic heterocycles. The summed E-state index contributed by atoms with van der Waals surface area (Å²) in [6.45, 7) is 12.7. The zero-order valence-corrected chi connectivity index (χ0v) is 12.5. The number of hydrogen-bond acceptors (Lipinski definition) is 1. The highest BCUT2D eigenvalue weighted by atomic mass is 16.2. The fraction of sp³-hybridized carbons (Fsp3) is 0.933. The fourth-order valence-corrected chi connectivity index (χ4v) is 2.02. The van der Waals surface area contributed by atoms with Gasteiger partial charge in [-0.05, 0) is 18.3 Å². The third-order valence-electron chi connectivity index (χ3n) is 2.77. The molecule has 0 aliphatic heterocycles. The van der Waals surface area contributed by atoms with Gasteiger partial charge >= 0.3 is 0 Å². The van der Waals surface area contributed by atoms with Crippen LogP contribution in [0.4, 0.5) is 0 Å².